The zero-order valence-electron chi connectivity index (χ0n) is 9.03. The van der Waals surface area contributed by atoms with Crippen molar-refractivity contribution >= 4 is 23.3 Å². The lowest BCUT2D eigenvalue weighted by molar-refractivity contribution is -0.118. The fraction of sp³-hybridized carbons (Fsp3) is 0.200. The SMILES string of the molecule is CC(Nc1ccc(F)c(N)c1C(=O)O)C(N)=O. The van der Waals surface area contributed by atoms with Crippen LogP contribution in [0.25, 0.3) is 0 Å². The maximum atomic E-state index is 13.1. The molecule has 1 atom stereocenters. The Balaban J connectivity index is 3.20. The summed E-state index contributed by atoms with van der Waals surface area (Å²) < 4.78 is 13.1. The average molecular weight is 241 g/mol. The van der Waals surface area contributed by atoms with Crippen molar-refractivity contribution in [3.8, 4) is 0 Å². The molecule has 0 radical (unpaired) electrons. The number of rotatable bonds is 4. The van der Waals surface area contributed by atoms with Crippen molar-refractivity contribution < 1.29 is 19.1 Å². The van der Waals surface area contributed by atoms with E-state index in [2.05, 4.69) is 5.32 Å². The van der Waals surface area contributed by atoms with Crippen LogP contribution < -0.4 is 16.8 Å². The minimum Gasteiger partial charge on any atom is -0.478 e. The summed E-state index contributed by atoms with van der Waals surface area (Å²) in [5, 5.41) is 11.5. The first-order chi connectivity index (χ1) is 7.84. The standard InChI is InChI=1S/C10H12FN3O3/c1-4(9(13)15)14-6-3-2-5(11)8(12)7(6)10(16)17/h2-4,14H,12H2,1H3,(H2,13,15)(H,16,17). The molecule has 0 aliphatic heterocycles. The Bertz CT molecular complexity index is 476. The first-order valence-electron chi connectivity index (χ1n) is 4.71. The van der Waals surface area contributed by atoms with Gasteiger partial charge in [-0.05, 0) is 19.1 Å². The van der Waals surface area contributed by atoms with E-state index in [0.717, 1.165) is 6.07 Å². The molecule has 1 aromatic rings. The van der Waals surface area contributed by atoms with E-state index < -0.39 is 35.0 Å². The largest absolute Gasteiger partial charge is 0.478 e. The van der Waals surface area contributed by atoms with E-state index in [1.54, 1.807) is 0 Å². The Labute approximate surface area is 96.4 Å². The van der Waals surface area contributed by atoms with Gasteiger partial charge in [-0.3, -0.25) is 4.79 Å². The molecule has 92 valence electrons. The third-order valence-corrected chi connectivity index (χ3v) is 2.20. The minimum atomic E-state index is -1.39. The van der Waals surface area contributed by atoms with Crippen molar-refractivity contribution in [3.63, 3.8) is 0 Å². The molecule has 1 unspecified atom stereocenters. The molecule has 1 amide bonds. The van der Waals surface area contributed by atoms with E-state index >= 15 is 0 Å². The summed E-state index contributed by atoms with van der Waals surface area (Å²) in [5.74, 6) is -2.88. The van der Waals surface area contributed by atoms with Crippen molar-refractivity contribution in [1.82, 2.24) is 0 Å². The van der Waals surface area contributed by atoms with Gasteiger partial charge in [-0.25, -0.2) is 9.18 Å². The Hall–Kier alpha value is -2.31. The number of hydrogen-bond donors (Lipinski definition) is 4. The van der Waals surface area contributed by atoms with Gasteiger partial charge in [-0.2, -0.15) is 0 Å². The summed E-state index contributed by atoms with van der Waals surface area (Å²) in [6, 6.07) is 1.41. The van der Waals surface area contributed by atoms with E-state index in [-0.39, 0.29) is 5.69 Å². The van der Waals surface area contributed by atoms with Gasteiger partial charge in [0.15, 0.2) is 0 Å². The fourth-order valence-electron chi connectivity index (χ4n) is 1.25. The second kappa shape index (κ2) is 4.69. The lowest BCUT2D eigenvalue weighted by Gasteiger charge is -2.15. The molecule has 6 N–H and O–H groups in total. The first-order valence-corrected chi connectivity index (χ1v) is 4.71. The quantitative estimate of drug-likeness (QED) is 0.569. The van der Waals surface area contributed by atoms with E-state index in [1.165, 1.54) is 13.0 Å². The molecule has 0 bridgehead atoms. The summed E-state index contributed by atoms with van der Waals surface area (Å²) in [7, 11) is 0. The number of halogens is 1. The molecule has 17 heavy (non-hydrogen) atoms. The number of primary amides is 1. The van der Waals surface area contributed by atoms with Gasteiger partial charge in [0.05, 0.1) is 11.4 Å². The van der Waals surface area contributed by atoms with E-state index in [1.807, 2.05) is 0 Å². The van der Waals surface area contributed by atoms with Crippen LogP contribution in [0.1, 0.15) is 17.3 Å². The number of carbonyl (C=O) groups is 2. The Morgan fingerprint density at radius 3 is 2.53 bits per heavy atom. The van der Waals surface area contributed by atoms with Crippen LogP contribution in [-0.2, 0) is 4.79 Å². The smallest absolute Gasteiger partial charge is 0.340 e. The van der Waals surface area contributed by atoms with Crippen LogP contribution in [0.5, 0.6) is 0 Å². The molecule has 0 saturated carbocycles. The van der Waals surface area contributed by atoms with Crippen molar-refractivity contribution in [2.45, 2.75) is 13.0 Å². The number of carboxylic acid groups (broad SMARTS) is 1. The monoisotopic (exact) mass is 241 g/mol. The van der Waals surface area contributed by atoms with Crippen LogP contribution in [-0.4, -0.2) is 23.0 Å². The van der Waals surface area contributed by atoms with Gasteiger partial charge >= 0.3 is 5.97 Å². The predicted molar refractivity (Wildman–Crippen MR) is 60.1 cm³/mol. The van der Waals surface area contributed by atoms with Gasteiger partial charge in [0.2, 0.25) is 5.91 Å². The highest BCUT2D eigenvalue weighted by atomic mass is 19.1. The van der Waals surface area contributed by atoms with Crippen LogP contribution in [0, 0.1) is 5.82 Å². The zero-order valence-corrected chi connectivity index (χ0v) is 9.03. The third-order valence-electron chi connectivity index (χ3n) is 2.20. The molecule has 1 aromatic carbocycles. The molecule has 0 aliphatic rings. The molecule has 0 heterocycles. The van der Waals surface area contributed by atoms with Gasteiger partial charge in [0, 0.05) is 0 Å². The molecule has 0 fully saturated rings. The molecular formula is C10H12FN3O3. The summed E-state index contributed by atoms with van der Waals surface area (Å²) in [6.45, 7) is 1.45. The number of benzene rings is 1. The first kappa shape index (κ1) is 12.8. The van der Waals surface area contributed by atoms with Crippen molar-refractivity contribution in [2.75, 3.05) is 11.1 Å². The van der Waals surface area contributed by atoms with Gasteiger partial charge in [0.25, 0.3) is 0 Å². The maximum Gasteiger partial charge on any atom is 0.340 e. The average Bonchev–Trinajstić information content (AvgIpc) is 2.22. The van der Waals surface area contributed by atoms with E-state index in [4.69, 9.17) is 16.6 Å². The normalized spacial score (nSPS) is 11.9. The fourth-order valence-corrected chi connectivity index (χ4v) is 1.25. The summed E-state index contributed by atoms with van der Waals surface area (Å²) in [6.07, 6.45) is 0. The Morgan fingerprint density at radius 1 is 1.47 bits per heavy atom. The van der Waals surface area contributed by atoms with Gasteiger partial charge in [-0.15, -0.1) is 0 Å². The highest BCUT2D eigenvalue weighted by molar-refractivity contribution is 6.00. The lowest BCUT2D eigenvalue weighted by atomic mass is 10.1. The maximum absolute atomic E-state index is 13.1. The summed E-state index contributed by atoms with van der Waals surface area (Å²) in [4.78, 5) is 21.8. The molecule has 0 aliphatic carbocycles. The second-order valence-electron chi connectivity index (χ2n) is 3.46. The predicted octanol–water partition coefficient (Wildman–Crippen LogP) is 0.392. The summed E-state index contributed by atoms with van der Waals surface area (Å²) >= 11 is 0. The number of carboxylic acids is 1. The van der Waals surface area contributed by atoms with E-state index in [9.17, 15) is 14.0 Å². The molecule has 6 nitrogen and oxygen atoms in total. The van der Waals surface area contributed by atoms with Crippen molar-refractivity contribution in [3.05, 3.63) is 23.5 Å². The zero-order chi connectivity index (χ0) is 13.2. The number of hydrogen-bond acceptors (Lipinski definition) is 4. The Kier molecular flexibility index (Phi) is 3.52. The molecule has 0 aromatic heterocycles. The molecule has 0 saturated heterocycles. The van der Waals surface area contributed by atoms with Gasteiger partial charge in [0.1, 0.15) is 17.4 Å². The highest BCUT2D eigenvalue weighted by Crippen LogP contribution is 2.25. The molecular weight excluding hydrogens is 229 g/mol. The number of anilines is 2. The number of amides is 1. The molecule has 1 rings (SSSR count). The molecule has 7 heteroatoms. The van der Waals surface area contributed by atoms with Crippen LogP contribution in [0.4, 0.5) is 15.8 Å². The van der Waals surface area contributed by atoms with Crippen LogP contribution in [0.15, 0.2) is 12.1 Å². The van der Waals surface area contributed by atoms with Crippen LogP contribution >= 0.6 is 0 Å². The van der Waals surface area contributed by atoms with Crippen molar-refractivity contribution in [2.24, 2.45) is 5.73 Å². The number of aromatic carboxylic acids is 1. The highest BCUT2D eigenvalue weighted by Gasteiger charge is 2.19. The van der Waals surface area contributed by atoms with Crippen molar-refractivity contribution in [1.29, 1.82) is 0 Å². The topological polar surface area (TPSA) is 118 Å². The van der Waals surface area contributed by atoms with Crippen LogP contribution in [0.2, 0.25) is 0 Å². The van der Waals surface area contributed by atoms with Crippen LogP contribution in [0.3, 0.4) is 0 Å². The second-order valence-corrected chi connectivity index (χ2v) is 3.46. The summed E-state index contributed by atoms with van der Waals surface area (Å²) in [5.41, 5.74) is 9.49. The number of nitrogen functional groups attached to an aromatic ring is 1. The molecule has 0 spiro atoms. The van der Waals surface area contributed by atoms with Gasteiger partial charge < -0.3 is 21.9 Å². The number of nitrogens with one attached hydrogen (secondary N) is 1. The lowest BCUT2D eigenvalue weighted by Crippen LogP contribution is -2.33. The number of carbonyl (C=O) groups excluding carboxylic acids is 1. The van der Waals surface area contributed by atoms with Gasteiger partial charge in [-0.1, -0.05) is 0 Å². The number of nitrogens with two attached hydrogens (primary N) is 2. The van der Waals surface area contributed by atoms with E-state index in [0.29, 0.717) is 0 Å². The minimum absolute atomic E-state index is 0.0442. The third kappa shape index (κ3) is 2.63. The Morgan fingerprint density at radius 2 is 2.06 bits per heavy atom.